The number of aryl methyl sites for hydroxylation is 1. The summed E-state index contributed by atoms with van der Waals surface area (Å²) in [4.78, 5) is 0. The van der Waals surface area contributed by atoms with E-state index in [4.69, 9.17) is 4.74 Å². The molecule has 0 heterocycles. The Bertz CT molecular complexity index is 609. The van der Waals surface area contributed by atoms with E-state index in [-0.39, 0.29) is 5.56 Å². The van der Waals surface area contributed by atoms with Crippen molar-refractivity contribution in [3.63, 3.8) is 0 Å². The van der Waals surface area contributed by atoms with Crippen LogP contribution in [0.15, 0.2) is 54.4 Å². The van der Waals surface area contributed by atoms with Crippen molar-refractivity contribution >= 4 is 5.83 Å². The molecule has 0 saturated carbocycles. The van der Waals surface area contributed by atoms with Gasteiger partial charge in [-0.25, -0.2) is 8.78 Å². The van der Waals surface area contributed by atoms with Crippen molar-refractivity contribution < 1.29 is 13.5 Å². The fourth-order valence-corrected chi connectivity index (χ4v) is 2.02. The van der Waals surface area contributed by atoms with Crippen LogP contribution < -0.4 is 4.74 Å². The van der Waals surface area contributed by atoms with Crippen LogP contribution in [0.1, 0.15) is 31.4 Å². The van der Waals surface area contributed by atoms with E-state index in [1.54, 1.807) is 12.1 Å². The van der Waals surface area contributed by atoms with Crippen molar-refractivity contribution in [2.24, 2.45) is 0 Å². The van der Waals surface area contributed by atoms with E-state index in [0.29, 0.717) is 5.75 Å². The molecule has 3 heteroatoms. The van der Waals surface area contributed by atoms with Crippen molar-refractivity contribution in [1.82, 2.24) is 0 Å². The normalized spacial score (nSPS) is 12.0. The first-order valence-corrected chi connectivity index (χ1v) is 6.99. The molecule has 0 aliphatic carbocycles. The number of hydrogen-bond donors (Lipinski definition) is 0. The highest BCUT2D eigenvalue weighted by atomic mass is 19.2. The van der Waals surface area contributed by atoms with Gasteiger partial charge in [-0.05, 0) is 55.3 Å². The summed E-state index contributed by atoms with van der Waals surface area (Å²) in [6.07, 6.45) is 2.15. The van der Waals surface area contributed by atoms with Crippen LogP contribution in [0.2, 0.25) is 0 Å². The van der Waals surface area contributed by atoms with Gasteiger partial charge in [0.1, 0.15) is 17.3 Å². The Labute approximate surface area is 123 Å². The Morgan fingerprint density at radius 3 is 1.90 bits per heavy atom. The molecule has 2 aromatic rings. The van der Waals surface area contributed by atoms with Gasteiger partial charge in [-0.15, -0.1) is 0 Å². The Morgan fingerprint density at radius 1 is 0.905 bits per heavy atom. The lowest BCUT2D eigenvalue weighted by atomic mass is 10.1. The lowest BCUT2D eigenvalue weighted by Crippen LogP contribution is -1.87. The Hall–Kier alpha value is -2.16. The first-order valence-electron chi connectivity index (χ1n) is 6.99. The van der Waals surface area contributed by atoms with Crippen LogP contribution in [-0.4, -0.2) is 0 Å². The summed E-state index contributed by atoms with van der Waals surface area (Å²) in [7, 11) is 0. The minimum atomic E-state index is -0.842. The van der Waals surface area contributed by atoms with Gasteiger partial charge in [0.25, 0.3) is 0 Å². The van der Waals surface area contributed by atoms with E-state index in [1.165, 1.54) is 17.7 Å². The molecule has 0 saturated heterocycles. The van der Waals surface area contributed by atoms with Gasteiger partial charge in [0, 0.05) is 5.56 Å². The zero-order valence-electron chi connectivity index (χ0n) is 12.2. The Balaban J connectivity index is 2.08. The van der Waals surface area contributed by atoms with Crippen molar-refractivity contribution in [2.75, 3.05) is 0 Å². The first kappa shape index (κ1) is 15.2. The minimum absolute atomic E-state index is 0.209. The zero-order valence-corrected chi connectivity index (χ0v) is 12.2. The van der Waals surface area contributed by atoms with Gasteiger partial charge in [0.2, 0.25) is 0 Å². The predicted molar refractivity (Wildman–Crippen MR) is 81.8 cm³/mol. The highest BCUT2D eigenvalue weighted by Gasteiger charge is 2.05. The molecular formula is C18H18F2O. The van der Waals surface area contributed by atoms with Gasteiger partial charge in [-0.3, -0.25) is 0 Å². The molecule has 0 aliphatic rings. The monoisotopic (exact) mass is 288 g/mol. The van der Waals surface area contributed by atoms with Crippen molar-refractivity contribution in [1.29, 1.82) is 0 Å². The number of benzene rings is 2. The maximum Gasteiger partial charge on any atom is 0.161 e. The molecular weight excluding hydrogens is 270 g/mol. The highest BCUT2D eigenvalue weighted by molar-refractivity contribution is 5.61. The molecule has 21 heavy (non-hydrogen) atoms. The summed E-state index contributed by atoms with van der Waals surface area (Å²) in [6.45, 7) is 3.23. The Kier molecular flexibility index (Phi) is 5.09. The molecule has 0 unspecified atom stereocenters. The molecule has 0 radical (unpaired) electrons. The molecule has 2 rings (SSSR count). The topological polar surface area (TPSA) is 9.23 Å². The molecule has 0 aromatic heterocycles. The smallest absolute Gasteiger partial charge is 0.161 e. The van der Waals surface area contributed by atoms with Gasteiger partial charge in [0.05, 0.1) is 0 Å². The Morgan fingerprint density at radius 2 is 1.43 bits per heavy atom. The molecule has 110 valence electrons. The van der Waals surface area contributed by atoms with Crippen LogP contribution >= 0.6 is 0 Å². The lowest BCUT2D eigenvalue weighted by molar-refractivity contribution is 0.482. The zero-order chi connectivity index (χ0) is 15.2. The third-order valence-corrected chi connectivity index (χ3v) is 3.11. The number of ether oxygens (including phenoxy) is 1. The predicted octanol–water partition coefficient (Wildman–Crippen LogP) is 6.06. The van der Waals surface area contributed by atoms with Crippen LogP contribution in [0.5, 0.6) is 11.5 Å². The number of halogens is 2. The maximum atomic E-state index is 13.4. The maximum absolute atomic E-state index is 13.4. The second-order valence-corrected chi connectivity index (χ2v) is 4.87. The van der Waals surface area contributed by atoms with E-state index in [9.17, 15) is 8.78 Å². The molecule has 0 atom stereocenters. The molecule has 2 aromatic carbocycles. The van der Waals surface area contributed by atoms with Gasteiger partial charge in [-0.1, -0.05) is 25.5 Å². The summed E-state index contributed by atoms with van der Waals surface area (Å²) in [5, 5.41) is 0. The third-order valence-electron chi connectivity index (χ3n) is 3.11. The van der Waals surface area contributed by atoms with Crippen LogP contribution in [0.25, 0.3) is 5.83 Å². The summed E-state index contributed by atoms with van der Waals surface area (Å²) in [5.74, 6) is -0.354. The van der Waals surface area contributed by atoms with Gasteiger partial charge >= 0.3 is 0 Å². The summed E-state index contributed by atoms with van der Waals surface area (Å²) in [6, 6.07) is 14.1. The first-order chi connectivity index (χ1) is 10.1. The molecule has 0 N–H and O–H groups in total. The van der Waals surface area contributed by atoms with Crippen LogP contribution in [-0.2, 0) is 6.42 Å². The van der Waals surface area contributed by atoms with Gasteiger partial charge in [0.15, 0.2) is 5.83 Å². The average Bonchev–Trinajstić information content (AvgIpc) is 2.49. The molecule has 0 spiro atoms. The van der Waals surface area contributed by atoms with Gasteiger partial charge < -0.3 is 4.74 Å². The number of hydrogen-bond acceptors (Lipinski definition) is 1. The second-order valence-electron chi connectivity index (χ2n) is 4.87. The standard InChI is InChI=1S/C18H18F2O/c1-3-4-14-5-9-16(10-6-14)21-17-11-7-15(8-12-17)18(20)13(2)19/h5-12H,3-4H2,1-2H3. The van der Waals surface area contributed by atoms with E-state index in [1.807, 2.05) is 24.3 Å². The molecule has 1 nitrogen and oxygen atoms in total. The van der Waals surface area contributed by atoms with Crippen molar-refractivity contribution in [3.05, 3.63) is 65.5 Å². The van der Waals surface area contributed by atoms with E-state index in [2.05, 4.69) is 6.92 Å². The van der Waals surface area contributed by atoms with Crippen molar-refractivity contribution in [2.45, 2.75) is 26.7 Å². The summed E-state index contributed by atoms with van der Waals surface area (Å²) in [5.41, 5.74) is 1.48. The van der Waals surface area contributed by atoms with E-state index >= 15 is 0 Å². The molecule has 0 fully saturated rings. The molecule has 0 bridgehead atoms. The fraction of sp³-hybridized carbons (Fsp3) is 0.222. The van der Waals surface area contributed by atoms with Crippen LogP contribution in [0.3, 0.4) is 0 Å². The number of allylic oxidation sites excluding steroid dienone is 1. The second kappa shape index (κ2) is 7.02. The highest BCUT2D eigenvalue weighted by Crippen LogP contribution is 2.26. The summed E-state index contributed by atoms with van der Waals surface area (Å²) >= 11 is 0. The lowest BCUT2D eigenvalue weighted by Gasteiger charge is -2.07. The van der Waals surface area contributed by atoms with Crippen LogP contribution in [0.4, 0.5) is 8.78 Å². The molecule has 0 amide bonds. The fourth-order valence-electron chi connectivity index (χ4n) is 2.02. The SMILES string of the molecule is CCCc1ccc(Oc2ccc(C(F)=C(C)F)cc2)cc1. The number of rotatable bonds is 5. The molecule has 0 aliphatic heterocycles. The van der Waals surface area contributed by atoms with E-state index in [0.717, 1.165) is 25.5 Å². The van der Waals surface area contributed by atoms with E-state index < -0.39 is 11.7 Å². The van der Waals surface area contributed by atoms with Crippen LogP contribution in [0, 0.1) is 0 Å². The van der Waals surface area contributed by atoms with Crippen molar-refractivity contribution in [3.8, 4) is 11.5 Å². The van der Waals surface area contributed by atoms with Gasteiger partial charge in [-0.2, -0.15) is 0 Å². The summed E-state index contributed by atoms with van der Waals surface area (Å²) < 4.78 is 31.9. The third kappa shape index (κ3) is 4.15. The largest absolute Gasteiger partial charge is 0.457 e. The minimum Gasteiger partial charge on any atom is -0.457 e. The quantitative estimate of drug-likeness (QED) is 0.650. The average molecular weight is 288 g/mol.